The molecule has 2 aliphatic rings. The van der Waals surface area contributed by atoms with Crippen LogP contribution in [0.15, 0.2) is 188 Å². The fourth-order valence-corrected chi connectivity index (χ4v) is 10.3. The summed E-state index contributed by atoms with van der Waals surface area (Å²) in [4.78, 5) is 4.91. The van der Waals surface area contributed by atoms with Crippen molar-refractivity contribution in [3.05, 3.63) is 221 Å². The lowest BCUT2D eigenvalue weighted by Crippen LogP contribution is -2.22. The van der Waals surface area contributed by atoms with Gasteiger partial charge in [-0.3, -0.25) is 0 Å². The smallest absolute Gasteiger partial charge is 0.0562 e. The third kappa shape index (κ3) is 5.41. The van der Waals surface area contributed by atoms with Gasteiger partial charge in [0.15, 0.2) is 0 Å². The summed E-state index contributed by atoms with van der Waals surface area (Å²) in [6, 6.07) is 69.5. The monoisotopic (exact) mass is 747 g/mol. The molecule has 0 saturated heterocycles. The Bertz CT molecular complexity index is 2920. The molecular weight excluding hydrogens is 703 g/mol. The van der Waals surface area contributed by atoms with Crippen LogP contribution >= 0.6 is 0 Å². The van der Waals surface area contributed by atoms with Gasteiger partial charge in [-0.05, 0) is 164 Å². The van der Waals surface area contributed by atoms with E-state index in [0.29, 0.717) is 0 Å². The van der Waals surface area contributed by atoms with E-state index in [2.05, 4.69) is 216 Å². The van der Waals surface area contributed by atoms with E-state index in [0.717, 1.165) is 31.4 Å². The average Bonchev–Trinajstić information content (AvgIpc) is 3.94. The van der Waals surface area contributed by atoms with Gasteiger partial charge in [-0.25, -0.2) is 0 Å². The predicted molar refractivity (Wildman–Crippen MR) is 243 cm³/mol. The number of aromatic nitrogens is 1. The van der Waals surface area contributed by atoms with Gasteiger partial charge in [0.05, 0.1) is 16.7 Å². The standard InChI is InChI=1S/C55H45N3/c1-38-16-15-25-51-54(38)48-34-39(2)52(37-53(48)58(51)45-23-13-6-14-24-45)57(44-21-11-5-12-22-44)47-29-27-41-31-33-55(50(41)36-47)32-30-40-26-28-46(35-49(40)55)56(42-17-7-3-8-18-42)43-19-9-4-10-20-43/h3-29,34-37H,30-33H2,1-2H3/t55-/m1/s1. The maximum atomic E-state index is 2.55. The first-order valence-electron chi connectivity index (χ1n) is 20.7. The molecule has 0 saturated carbocycles. The Labute approximate surface area is 341 Å². The topological polar surface area (TPSA) is 11.4 Å². The van der Waals surface area contributed by atoms with E-state index in [-0.39, 0.29) is 5.41 Å². The van der Waals surface area contributed by atoms with E-state index < -0.39 is 0 Å². The van der Waals surface area contributed by atoms with E-state index in [1.54, 1.807) is 0 Å². The molecule has 0 amide bonds. The summed E-state index contributed by atoms with van der Waals surface area (Å²) >= 11 is 0. The first-order chi connectivity index (χ1) is 28.6. The van der Waals surface area contributed by atoms with Crippen molar-refractivity contribution in [2.75, 3.05) is 9.80 Å². The highest BCUT2D eigenvalue weighted by molar-refractivity contribution is 6.12. The lowest BCUT2D eigenvalue weighted by atomic mass is 9.76. The number of hydrogen-bond donors (Lipinski definition) is 0. The van der Waals surface area contributed by atoms with Crippen molar-refractivity contribution in [3.8, 4) is 5.69 Å². The normalized spacial score (nSPS) is 15.6. The van der Waals surface area contributed by atoms with Gasteiger partial charge in [0, 0.05) is 50.3 Å². The molecule has 280 valence electrons. The fourth-order valence-electron chi connectivity index (χ4n) is 10.3. The summed E-state index contributed by atoms with van der Waals surface area (Å²) in [6.45, 7) is 4.52. The fraction of sp³-hybridized carbons (Fsp3) is 0.127. The molecule has 0 fully saturated rings. The molecule has 0 unspecified atom stereocenters. The SMILES string of the molecule is Cc1cc2c3c(C)cccc3n(-c3ccccc3)c2cc1N(c1ccccc1)c1ccc2c(c1)[C@]1(CCc3ccc(N(c4ccccc4)c4ccccc4)cc31)CC2. The Hall–Kier alpha value is -6.84. The summed E-state index contributed by atoms with van der Waals surface area (Å²) in [5.74, 6) is 0. The Balaban J connectivity index is 1.08. The summed E-state index contributed by atoms with van der Waals surface area (Å²) in [5.41, 5.74) is 19.2. The maximum Gasteiger partial charge on any atom is 0.0562 e. The van der Waals surface area contributed by atoms with Crippen LogP contribution in [0.1, 0.15) is 46.2 Å². The molecular formula is C55H45N3. The second-order valence-electron chi connectivity index (χ2n) is 16.2. The van der Waals surface area contributed by atoms with E-state index in [4.69, 9.17) is 0 Å². The van der Waals surface area contributed by atoms with Crippen LogP contribution in [0.4, 0.5) is 34.1 Å². The molecule has 0 bridgehead atoms. The lowest BCUT2D eigenvalue weighted by Gasteiger charge is -2.32. The van der Waals surface area contributed by atoms with Gasteiger partial charge in [0.25, 0.3) is 0 Å². The van der Waals surface area contributed by atoms with Crippen LogP contribution in [0.3, 0.4) is 0 Å². The zero-order chi connectivity index (χ0) is 38.8. The zero-order valence-corrected chi connectivity index (χ0v) is 33.1. The highest BCUT2D eigenvalue weighted by Crippen LogP contribution is 2.55. The first-order valence-corrected chi connectivity index (χ1v) is 20.7. The minimum Gasteiger partial charge on any atom is -0.310 e. The molecule has 2 aliphatic carbocycles. The molecule has 0 N–H and O–H groups in total. The maximum absolute atomic E-state index is 2.55. The number of hydrogen-bond acceptors (Lipinski definition) is 2. The Kier molecular flexibility index (Phi) is 8.11. The van der Waals surface area contributed by atoms with Crippen molar-refractivity contribution in [2.45, 2.75) is 44.9 Å². The molecule has 1 spiro atoms. The van der Waals surface area contributed by atoms with Crippen molar-refractivity contribution in [3.63, 3.8) is 0 Å². The van der Waals surface area contributed by atoms with Gasteiger partial charge < -0.3 is 14.4 Å². The molecule has 0 aliphatic heterocycles. The lowest BCUT2D eigenvalue weighted by molar-refractivity contribution is 0.507. The molecule has 58 heavy (non-hydrogen) atoms. The summed E-state index contributed by atoms with van der Waals surface area (Å²) < 4.78 is 2.45. The van der Waals surface area contributed by atoms with Gasteiger partial charge in [-0.15, -0.1) is 0 Å². The highest BCUT2D eigenvalue weighted by atomic mass is 15.2. The summed E-state index contributed by atoms with van der Waals surface area (Å²) in [5, 5.41) is 2.61. The average molecular weight is 748 g/mol. The molecule has 1 atom stereocenters. The number of nitrogens with zero attached hydrogens (tertiary/aromatic N) is 3. The number of benzene rings is 8. The van der Waals surface area contributed by atoms with E-state index in [1.807, 2.05) is 0 Å². The third-order valence-corrected chi connectivity index (χ3v) is 13.0. The van der Waals surface area contributed by atoms with Crippen LogP contribution in [0.5, 0.6) is 0 Å². The largest absolute Gasteiger partial charge is 0.310 e. The Morgan fingerprint density at radius 1 is 0.431 bits per heavy atom. The molecule has 9 aromatic rings. The van der Waals surface area contributed by atoms with Crippen LogP contribution in [0.25, 0.3) is 27.5 Å². The van der Waals surface area contributed by atoms with Crippen LogP contribution < -0.4 is 9.80 Å². The molecule has 11 rings (SSSR count). The quantitative estimate of drug-likeness (QED) is 0.161. The zero-order valence-electron chi connectivity index (χ0n) is 33.1. The number of fused-ring (bicyclic) bond motifs is 7. The number of aryl methyl sites for hydroxylation is 4. The Morgan fingerprint density at radius 3 is 1.52 bits per heavy atom. The van der Waals surface area contributed by atoms with E-state index in [1.165, 1.54) is 89.3 Å². The van der Waals surface area contributed by atoms with E-state index in [9.17, 15) is 0 Å². The van der Waals surface area contributed by atoms with Gasteiger partial charge in [-0.1, -0.05) is 97.1 Å². The van der Waals surface area contributed by atoms with Crippen LogP contribution in [-0.2, 0) is 18.3 Å². The summed E-state index contributed by atoms with van der Waals surface area (Å²) in [6.07, 6.45) is 4.45. The molecule has 0 radical (unpaired) electrons. The minimum absolute atomic E-state index is 0.0334. The van der Waals surface area contributed by atoms with Crippen molar-refractivity contribution in [1.82, 2.24) is 4.57 Å². The first kappa shape index (κ1) is 34.4. The number of para-hydroxylation sites is 4. The van der Waals surface area contributed by atoms with Crippen LogP contribution in [-0.4, -0.2) is 4.57 Å². The van der Waals surface area contributed by atoms with Crippen LogP contribution in [0, 0.1) is 13.8 Å². The second-order valence-corrected chi connectivity index (χ2v) is 16.2. The number of rotatable bonds is 7. The second kappa shape index (κ2) is 13.7. The van der Waals surface area contributed by atoms with E-state index >= 15 is 0 Å². The molecule has 8 aromatic carbocycles. The van der Waals surface area contributed by atoms with Crippen molar-refractivity contribution in [1.29, 1.82) is 0 Å². The molecule has 1 heterocycles. The molecule has 1 aromatic heterocycles. The molecule has 3 heteroatoms. The van der Waals surface area contributed by atoms with Gasteiger partial charge in [0.1, 0.15) is 0 Å². The van der Waals surface area contributed by atoms with Gasteiger partial charge in [0.2, 0.25) is 0 Å². The molecule has 3 nitrogen and oxygen atoms in total. The van der Waals surface area contributed by atoms with Crippen molar-refractivity contribution < 1.29 is 0 Å². The number of anilines is 6. The van der Waals surface area contributed by atoms with Gasteiger partial charge in [-0.2, -0.15) is 0 Å². The summed E-state index contributed by atoms with van der Waals surface area (Å²) in [7, 11) is 0. The van der Waals surface area contributed by atoms with Gasteiger partial charge >= 0.3 is 0 Å². The Morgan fingerprint density at radius 2 is 0.948 bits per heavy atom. The minimum atomic E-state index is -0.0334. The van der Waals surface area contributed by atoms with Crippen molar-refractivity contribution in [2.24, 2.45) is 0 Å². The highest BCUT2D eigenvalue weighted by Gasteiger charge is 2.45. The third-order valence-electron chi connectivity index (χ3n) is 13.0. The van der Waals surface area contributed by atoms with Crippen molar-refractivity contribution >= 4 is 55.9 Å². The predicted octanol–water partition coefficient (Wildman–Crippen LogP) is 14.5. The van der Waals surface area contributed by atoms with Crippen LogP contribution in [0.2, 0.25) is 0 Å².